The summed E-state index contributed by atoms with van der Waals surface area (Å²) in [7, 11) is 0. The van der Waals surface area contributed by atoms with Gasteiger partial charge in [0.2, 0.25) is 0 Å². The molecule has 4 rings (SSSR count). The Morgan fingerprint density at radius 2 is 1.94 bits per heavy atom. The van der Waals surface area contributed by atoms with Gasteiger partial charge in [-0.3, -0.25) is 4.79 Å². The first-order valence-corrected chi connectivity index (χ1v) is 12.2. The highest BCUT2D eigenvalue weighted by Gasteiger charge is 2.31. The van der Waals surface area contributed by atoms with Crippen molar-refractivity contribution in [3.63, 3.8) is 0 Å². The van der Waals surface area contributed by atoms with Crippen LogP contribution >= 0.6 is 15.9 Å². The molecule has 8 nitrogen and oxygen atoms in total. The van der Waals surface area contributed by atoms with E-state index in [-0.39, 0.29) is 23.0 Å². The molecule has 1 saturated carbocycles. The number of aliphatic hydroxyl groups excluding tert-OH is 1. The van der Waals surface area contributed by atoms with E-state index in [9.17, 15) is 19.4 Å². The number of amides is 1. The molecule has 0 aliphatic heterocycles. The summed E-state index contributed by atoms with van der Waals surface area (Å²) in [6.07, 6.45) is 3.69. The maximum atomic E-state index is 15.0. The van der Waals surface area contributed by atoms with Crippen molar-refractivity contribution in [1.29, 1.82) is 0 Å². The first kappa shape index (κ1) is 26.1. The maximum absolute atomic E-state index is 15.0. The Morgan fingerprint density at radius 1 is 1.22 bits per heavy atom. The number of hydrogen-bond donors (Lipinski definition) is 5. The second-order valence-corrected chi connectivity index (χ2v) is 9.93. The van der Waals surface area contributed by atoms with Crippen LogP contribution in [-0.2, 0) is 0 Å². The molecule has 1 unspecified atom stereocenters. The number of nitrogens with two attached hydrogens (primary N) is 2. The van der Waals surface area contributed by atoms with Gasteiger partial charge in [0.25, 0.3) is 5.91 Å². The van der Waals surface area contributed by atoms with Gasteiger partial charge < -0.3 is 27.0 Å². The summed E-state index contributed by atoms with van der Waals surface area (Å²) in [6.45, 7) is -0.511. The minimum atomic E-state index is -1.18. The van der Waals surface area contributed by atoms with Crippen LogP contribution < -0.4 is 16.8 Å². The summed E-state index contributed by atoms with van der Waals surface area (Å²) in [5.74, 6) is -2.00. The normalized spacial score (nSPS) is 20.7. The molecule has 7 N–H and O–H groups in total. The fourth-order valence-electron chi connectivity index (χ4n) is 4.33. The molecule has 1 atom stereocenters. The summed E-state index contributed by atoms with van der Waals surface area (Å²) in [5.41, 5.74) is 12.0. The maximum Gasteiger partial charge on any atom is 0.254 e. The van der Waals surface area contributed by atoms with E-state index in [2.05, 4.69) is 31.2 Å². The van der Waals surface area contributed by atoms with Crippen molar-refractivity contribution < 1.29 is 23.8 Å². The van der Waals surface area contributed by atoms with Crippen LogP contribution in [-0.4, -0.2) is 38.4 Å². The SMILES string of the molecule is Nc1ncc(C2CCC(N)(O)CC2)nc1-c1ccc(C(=O)NC(CO)c2cc(F)cc(Br)c2)c(F)c1. The Bertz CT molecular complexity index is 1260. The molecular weight excluding hydrogens is 536 g/mol. The monoisotopic (exact) mass is 561 g/mol. The number of aromatic nitrogens is 2. The van der Waals surface area contributed by atoms with E-state index in [1.54, 1.807) is 12.3 Å². The smallest absolute Gasteiger partial charge is 0.254 e. The topological polar surface area (TPSA) is 147 Å². The van der Waals surface area contributed by atoms with Crippen LogP contribution in [0, 0.1) is 11.6 Å². The van der Waals surface area contributed by atoms with Crippen molar-refractivity contribution in [1.82, 2.24) is 15.3 Å². The van der Waals surface area contributed by atoms with Crippen molar-refractivity contribution in [3.8, 4) is 11.3 Å². The lowest BCUT2D eigenvalue weighted by Gasteiger charge is -2.32. The molecule has 0 saturated heterocycles. The van der Waals surface area contributed by atoms with Crippen LogP contribution in [0.2, 0.25) is 0 Å². The molecule has 190 valence electrons. The van der Waals surface area contributed by atoms with Gasteiger partial charge in [0.05, 0.1) is 30.1 Å². The largest absolute Gasteiger partial charge is 0.394 e. The molecule has 1 aliphatic carbocycles. The molecular formula is C25H26BrF2N5O3. The zero-order chi connectivity index (χ0) is 26.0. The highest BCUT2D eigenvalue weighted by atomic mass is 79.9. The van der Waals surface area contributed by atoms with E-state index >= 15 is 4.39 Å². The number of nitrogen functional groups attached to an aromatic ring is 1. The number of aliphatic hydroxyl groups is 2. The molecule has 1 amide bonds. The summed E-state index contributed by atoms with van der Waals surface area (Å²) < 4.78 is 29.2. The number of hydrogen-bond acceptors (Lipinski definition) is 7. The number of rotatable bonds is 6. The highest BCUT2D eigenvalue weighted by molar-refractivity contribution is 9.10. The molecule has 2 aromatic carbocycles. The lowest BCUT2D eigenvalue weighted by molar-refractivity contribution is 0.00486. The Kier molecular flexibility index (Phi) is 7.65. The molecule has 36 heavy (non-hydrogen) atoms. The van der Waals surface area contributed by atoms with E-state index in [0.717, 1.165) is 6.07 Å². The summed E-state index contributed by atoms with van der Waals surface area (Å²) in [5, 5.41) is 22.2. The fourth-order valence-corrected chi connectivity index (χ4v) is 4.81. The van der Waals surface area contributed by atoms with E-state index in [1.807, 2.05) is 0 Å². The molecule has 3 aromatic rings. The van der Waals surface area contributed by atoms with Gasteiger partial charge in [-0.15, -0.1) is 0 Å². The highest BCUT2D eigenvalue weighted by Crippen LogP contribution is 2.36. The van der Waals surface area contributed by atoms with Crippen LogP contribution in [0.1, 0.15) is 59.3 Å². The fraction of sp³-hybridized carbons (Fsp3) is 0.320. The van der Waals surface area contributed by atoms with Crippen LogP contribution in [0.25, 0.3) is 11.3 Å². The van der Waals surface area contributed by atoms with Gasteiger partial charge in [0.1, 0.15) is 28.9 Å². The van der Waals surface area contributed by atoms with E-state index in [0.29, 0.717) is 47.0 Å². The minimum Gasteiger partial charge on any atom is -0.394 e. The van der Waals surface area contributed by atoms with Crippen LogP contribution in [0.5, 0.6) is 0 Å². The van der Waals surface area contributed by atoms with Crippen molar-refractivity contribution in [3.05, 3.63) is 75.5 Å². The Morgan fingerprint density at radius 3 is 2.58 bits per heavy atom. The average Bonchev–Trinajstić information content (AvgIpc) is 2.82. The van der Waals surface area contributed by atoms with Gasteiger partial charge in [0, 0.05) is 16.0 Å². The van der Waals surface area contributed by atoms with Crippen LogP contribution in [0.4, 0.5) is 14.6 Å². The second kappa shape index (κ2) is 10.6. The van der Waals surface area contributed by atoms with Gasteiger partial charge in [-0.05, 0) is 61.6 Å². The predicted molar refractivity (Wildman–Crippen MR) is 134 cm³/mol. The molecule has 1 aliphatic rings. The molecule has 1 aromatic heterocycles. The van der Waals surface area contributed by atoms with E-state index in [1.165, 1.54) is 24.3 Å². The van der Waals surface area contributed by atoms with Gasteiger partial charge in [-0.1, -0.05) is 22.0 Å². The third-order valence-corrected chi connectivity index (χ3v) is 6.81. The van der Waals surface area contributed by atoms with Crippen molar-refractivity contribution in [2.75, 3.05) is 12.3 Å². The van der Waals surface area contributed by atoms with Crippen LogP contribution in [0.3, 0.4) is 0 Å². The van der Waals surface area contributed by atoms with Gasteiger partial charge in [0.15, 0.2) is 0 Å². The third kappa shape index (κ3) is 5.86. The lowest BCUT2D eigenvalue weighted by atomic mass is 9.82. The van der Waals surface area contributed by atoms with Crippen LogP contribution in [0.15, 0.2) is 47.1 Å². The Balaban J connectivity index is 1.55. The molecule has 0 radical (unpaired) electrons. The number of nitrogens with zero attached hydrogens (tertiary/aromatic N) is 2. The molecule has 11 heteroatoms. The standard InChI is InChI=1S/C25H26BrF2N5O3/c26-16-7-15(8-17(27)10-16)21(12-34)33-24(35)18-2-1-14(9-19(18)28)22-23(29)31-11-20(32-22)13-3-5-25(30,36)6-4-13/h1-2,7-11,13,21,34,36H,3-6,12,30H2,(H2,29,31)(H,33,35). The quantitative estimate of drug-likeness (QED) is 0.289. The molecule has 1 heterocycles. The predicted octanol–water partition coefficient (Wildman–Crippen LogP) is 3.53. The zero-order valence-corrected chi connectivity index (χ0v) is 20.8. The van der Waals surface area contributed by atoms with Crippen molar-refractivity contribution >= 4 is 27.7 Å². The number of benzene rings is 2. The summed E-state index contributed by atoms with van der Waals surface area (Å²) >= 11 is 3.17. The Hall–Kier alpha value is -2.99. The van der Waals surface area contributed by atoms with Crippen molar-refractivity contribution in [2.24, 2.45) is 5.73 Å². The third-order valence-electron chi connectivity index (χ3n) is 6.35. The number of carbonyl (C=O) groups is 1. The Labute approximate surface area is 214 Å². The number of nitrogens with one attached hydrogen (secondary N) is 1. The number of carbonyl (C=O) groups excluding carboxylic acids is 1. The molecule has 0 bridgehead atoms. The number of halogens is 3. The lowest BCUT2D eigenvalue weighted by Crippen LogP contribution is -2.42. The minimum absolute atomic E-state index is 0.0360. The molecule has 1 fully saturated rings. The van der Waals surface area contributed by atoms with E-state index in [4.69, 9.17) is 11.5 Å². The zero-order valence-electron chi connectivity index (χ0n) is 19.2. The van der Waals surface area contributed by atoms with Crippen molar-refractivity contribution in [2.45, 2.75) is 43.4 Å². The second-order valence-electron chi connectivity index (χ2n) is 9.01. The average molecular weight is 562 g/mol. The summed E-state index contributed by atoms with van der Waals surface area (Å²) in [4.78, 5) is 21.6. The number of anilines is 1. The van der Waals surface area contributed by atoms with Gasteiger partial charge in [-0.2, -0.15) is 0 Å². The van der Waals surface area contributed by atoms with E-state index < -0.39 is 35.9 Å². The summed E-state index contributed by atoms with van der Waals surface area (Å²) in [6, 6.07) is 6.98. The van der Waals surface area contributed by atoms with Gasteiger partial charge in [-0.25, -0.2) is 18.7 Å². The van der Waals surface area contributed by atoms with Gasteiger partial charge >= 0.3 is 0 Å². The molecule has 0 spiro atoms. The first-order chi connectivity index (χ1) is 17.1. The first-order valence-electron chi connectivity index (χ1n) is 11.4.